The second kappa shape index (κ2) is 4.96. The first-order valence-electron chi connectivity index (χ1n) is 6.46. The van der Waals surface area contributed by atoms with E-state index in [4.69, 9.17) is 4.74 Å². The fourth-order valence-electron chi connectivity index (χ4n) is 2.99. The summed E-state index contributed by atoms with van der Waals surface area (Å²) in [6.45, 7) is 2.84. The molecule has 0 bridgehead atoms. The largest absolute Gasteiger partial charge is 0.394 e. The summed E-state index contributed by atoms with van der Waals surface area (Å²) in [7, 11) is 0. The second-order valence-electron chi connectivity index (χ2n) is 5.58. The highest BCUT2D eigenvalue weighted by atomic mass is 35.5. The van der Waals surface area contributed by atoms with Crippen molar-refractivity contribution in [3.05, 3.63) is 0 Å². The number of nitrogens with zero attached hydrogens (tertiary/aromatic N) is 1. The average Bonchev–Trinajstić information content (AvgIpc) is 3.15. The maximum absolute atomic E-state index is 11.9. The highest BCUT2D eigenvalue weighted by molar-refractivity contribution is 5.85. The average molecular weight is 277 g/mol. The molecule has 0 aromatic carbocycles. The number of ether oxygens (including phenoxy) is 1. The fraction of sp³-hybridized carbons (Fsp3) is 0.917. The summed E-state index contributed by atoms with van der Waals surface area (Å²) in [4.78, 5) is 13.8. The van der Waals surface area contributed by atoms with Crippen LogP contribution in [-0.4, -0.2) is 59.9 Å². The van der Waals surface area contributed by atoms with Gasteiger partial charge in [-0.25, -0.2) is 0 Å². The number of rotatable bonds is 2. The van der Waals surface area contributed by atoms with Gasteiger partial charge in [-0.1, -0.05) is 0 Å². The molecule has 0 radical (unpaired) electrons. The Bertz CT molecular complexity index is 327. The molecule has 1 amide bonds. The van der Waals surface area contributed by atoms with Crippen molar-refractivity contribution in [2.24, 2.45) is 0 Å². The van der Waals surface area contributed by atoms with E-state index in [1.165, 1.54) is 0 Å². The molecule has 0 atom stereocenters. The third-order valence-electron chi connectivity index (χ3n) is 4.46. The maximum atomic E-state index is 11.9. The Hall–Kier alpha value is -0.360. The minimum atomic E-state index is -0.251. The zero-order valence-corrected chi connectivity index (χ0v) is 11.3. The molecule has 5 nitrogen and oxygen atoms in total. The van der Waals surface area contributed by atoms with Crippen molar-refractivity contribution >= 4 is 18.3 Å². The van der Waals surface area contributed by atoms with Gasteiger partial charge in [0, 0.05) is 0 Å². The molecule has 3 fully saturated rings. The lowest BCUT2D eigenvalue weighted by Gasteiger charge is -2.47. The molecule has 1 aliphatic carbocycles. The van der Waals surface area contributed by atoms with Crippen LogP contribution >= 0.6 is 12.4 Å². The molecular formula is C12H21ClN2O3. The van der Waals surface area contributed by atoms with E-state index >= 15 is 0 Å². The standard InChI is InChI=1S/C12H20N2O3.ClH/c15-9-11(1-2-11)14-8-12(17-7-10(14)16)3-5-13-6-4-12;/h13,15H,1-9H2;1H. The van der Waals surface area contributed by atoms with Crippen molar-refractivity contribution in [2.45, 2.75) is 36.8 Å². The van der Waals surface area contributed by atoms with E-state index in [9.17, 15) is 9.90 Å². The lowest BCUT2D eigenvalue weighted by molar-refractivity contribution is -0.175. The molecule has 3 rings (SSSR count). The highest BCUT2D eigenvalue weighted by Gasteiger charge is 2.54. The molecule has 2 aliphatic heterocycles. The van der Waals surface area contributed by atoms with Crippen LogP contribution in [0.5, 0.6) is 0 Å². The van der Waals surface area contributed by atoms with Crippen LogP contribution in [0.2, 0.25) is 0 Å². The van der Waals surface area contributed by atoms with Crippen LogP contribution in [0.1, 0.15) is 25.7 Å². The van der Waals surface area contributed by atoms with Crippen molar-refractivity contribution in [2.75, 3.05) is 32.8 Å². The number of aliphatic hydroxyl groups excluding tert-OH is 1. The number of aliphatic hydroxyl groups is 1. The van der Waals surface area contributed by atoms with Crippen molar-refractivity contribution in [3.63, 3.8) is 0 Å². The third kappa shape index (κ3) is 2.25. The normalized spacial score (nSPS) is 28.9. The number of hydrogen-bond donors (Lipinski definition) is 2. The van der Waals surface area contributed by atoms with E-state index in [2.05, 4.69) is 5.32 Å². The lowest BCUT2D eigenvalue weighted by atomic mass is 9.89. The third-order valence-corrected chi connectivity index (χ3v) is 4.46. The quantitative estimate of drug-likeness (QED) is 0.740. The summed E-state index contributed by atoms with van der Waals surface area (Å²) < 4.78 is 5.80. The van der Waals surface area contributed by atoms with Crippen LogP contribution in [0.25, 0.3) is 0 Å². The molecule has 0 aromatic heterocycles. The summed E-state index contributed by atoms with van der Waals surface area (Å²) >= 11 is 0. The Morgan fingerprint density at radius 1 is 1.28 bits per heavy atom. The van der Waals surface area contributed by atoms with E-state index in [1.807, 2.05) is 4.90 Å². The summed E-state index contributed by atoms with van der Waals surface area (Å²) in [6, 6.07) is 0. The highest BCUT2D eigenvalue weighted by Crippen LogP contribution is 2.44. The first kappa shape index (κ1) is 14.1. The Balaban J connectivity index is 0.00000120. The van der Waals surface area contributed by atoms with Crippen molar-refractivity contribution in [1.82, 2.24) is 10.2 Å². The molecule has 2 saturated heterocycles. The minimum absolute atomic E-state index is 0. The van der Waals surface area contributed by atoms with E-state index in [-0.39, 0.29) is 42.7 Å². The molecule has 3 aliphatic rings. The fourth-order valence-corrected chi connectivity index (χ4v) is 2.99. The van der Waals surface area contributed by atoms with Crippen LogP contribution < -0.4 is 5.32 Å². The van der Waals surface area contributed by atoms with E-state index in [0.717, 1.165) is 38.8 Å². The minimum Gasteiger partial charge on any atom is -0.394 e. The molecule has 2 heterocycles. The number of nitrogens with one attached hydrogen (secondary N) is 1. The van der Waals surface area contributed by atoms with Gasteiger partial charge in [-0.05, 0) is 38.8 Å². The van der Waals surface area contributed by atoms with Crippen molar-refractivity contribution in [3.8, 4) is 0 Å². The van der Waals surface area contributed by atoms with Gasteiger partial charge < -0.3 is 20.1 Å². The number of amides is 1. The number of hydrogen-bond acceptors (Lipinski definition) is 4. The number of piperidine rings is 1. The predicted molar refractivity (Wildman–Crippen MR) is 68.8 cm³/mol. The zero-order chi connectivity index (χ0) is 11.9. The Morgan fingerprint density at radius 3 is 2.50 bits per heavy atom. The van der Waals surface area contributed by atoms with Gasteiger partial charge in [0.2, 0.25) is 5.91 Å². The number of morpholine rings is 1. The van der Waals surface area contributed by atoms with Crippen LogP contribution in [0.15, 0.2) is 0 Å². The summed E-state index contributed by atoms with van der Waals surface area (Å²) in [5, 5.41) is 12.8. The van der Waals surface area contributed by atoms with Gasteiger partial charge in [-0.3, -0.25) is 4.79 Å². The molecule has 0 unspecified atom stereocenters. The zero-order valence-electron chi connectivity index (χ0n) is 10.5. The van der Waals surface area contributed by atoms with Crippen LogP contribution in [0, 0.1) is 0 Å². The van der Waals surface area contributed by atoms with Gasteiger partial charge >= 0.3 is 0 Å². The van der Waals surface area contributed by atoms with Gasteiger partial charge in [0.1, 0.15) is 6.61 Å². The van der Waals surface area contributed by atoms with Gasteiger partial charge in [0.05, 0.1) is 24.3 Å². The maximum Gasteiger partial charge on any atom is 0.249 e. The number of carbonyl (C=O) groups is 1. The Labute approximate surface area is 113 Å². The molecule has 18 heavy (non-hydrogen) atoms. The first-order chi connectivity index (χ1) is 8.20. The van der Waals surface area contributed by atoms with Crippen LogP contribution in [0.3, 0.4) is 0 Å². The van der Waals surface area contributed by atoms with Gasteiger partial charge in [0.15, 0.2) is 0 Å². The van der Waals surface area contributed by atoms with Crippen LogP contribution in [0.4, 0.5) is 0 Å². The number of carbonyl (C=O) groups excluding carboxylic acids is 1. The first-order valence-corrected chi connectivity index (χ1v) is 6.46. The second-order valence-corrected chi connectivity index (χ2v) is 5.58. The topological polar surface area (TPSA) is 61.8 Å². The summed E-state index contributed by atoms with van der Waals surface area (Å²) in [5.41, 5.74) is -0.414. The van der Waals surface area contributed by atoms with Crippen LogP contribution in [-0.2, 0) is 9.53 Å². The smallest absolute Gasteiger partial charge is 0.249 e. The van der Waals surface area contributed by atoms with E-state index in [1.54, 1.807) is 0 Å². The van der Waals surface area contributed by atoms with Crippen molar-refractivity contribution in [1.29, 1.82) is 0 Å². The van der Waals surface area contributed by atoms with E-state index in [0.29, 0.717) is 6.54 Å². The summed E-state index contributed by atoms with van der Waals surface area (Å²) in [5.74, 6) is 0.0423. The molecule has 2 N–H and O–H groups in total. The lowest BCUT2D eigenvalue weighted by Crippen LogP contribution is -2.62. The molecule has 1 saturated carbocycles. The van der Waals surface area contributed by atoms with E-state index < -0.39 is 0 Å². The molecule has 104 valence electrons. The predicted octanol–water partition coefficient (Wildman–Crippen LogP) is -0.0859. The Morgan fingerprint density at radius 2 is 1.94 bits per heavy atom. The molecule has 0 aromatic rings. The van der Waals surface area contributed by atoms with Crippen molar-refractivity contribution < 1.29 is 14.6 Å². The van der Waals surface area contributed by atoms with Gasteiger partial charge in [0.25, 0.3) is 0 Å². The molecular weight excluding hydrogens is 256 g/mol. The summed E-state index contributed by atoms with van der Waals surface area (Å²) in [6.07, 6.45) is 3.78. The Kier molecular flexibility index (Phi) is 3.88. The molecule has 6 heteroatoms. The van der Waals surface area contributed by atoms with Gasteiger partial charge in [-0.2, -0.15) is 0 Å². The number of halogens is 1. The SMILES string of the molecule is Cl.O=C1COC2(CCNCC2)CN1C1(CO)CC1. The van der Waals surface area contributed by atoms with Gasteiger partial charge in [-0.15, -0.1) is 12.4 Å². The monoisotopic (exact) mass is 276 g/mol. The molecule has 1 spiro atoms.